The molecule has 33 heavy (non-hydrogen) atoms. The van der Waals surface area contributed by atoms with Gasteiger partial charge >= 0.3 is 11.7 Å². The summed E-state index contributed by atoms with van der Waals surface area (Å²) in [6, 6.07) is 10.3. The first-order valence-corrected chi connectivity index (χ1v) is 12.2. The summed E-state index contributed by atoms with van der Waals surface area (Å²) in [4.78, 5) is 26.1. The number of thiophene rings is 1. The van der Waals surface area contributed by atoms with E-state index in [4.69, 9.17) is 9.47 Å². The second-order valence-corrected chi connectivity index (χ2v) is 9.20. The van der Waals surface area contributed by atoms with Crippen LogP contribution in [-0.2, 0) is 20.8 Å². The minimum absolute atomic E-state index is 0.0197. The van der Waals surface area contributed by atoms with Gasteiger partial charge in [-0.1, -0.05) is 12.1 Å². The Bertz CT molecular complexity index is 1380. The van der Waals surface area contributed by atoms with Crippen molar-refractivity contribution in [2.45, 2.75) is 53.8 Å². The third-order valence-corrected chi connectivity index (χ3v) is 7.08. The van der Waals surface area contributed by atoms with Gasteiger partial charge in [-0.3, -0.25) is 13.9 Å². The van der Waals surface area contributed by atoms with Crippen LogP contribution in [0.4, 0.5) is 0 Å². The average Bonchev–Trinajstić information content (AvgIpc) is 3.29. The quantitative estimate of drug-likeness (QED) is 0.323. The maximum Gasteiger partial charge on any atom is 0.331 e. The molecule has 1 atom stereocenters. The van der Waals surface area contributed by atoms with Crippen molar-refractivity contribution in [3.8, 4) is 0 Å². The van der Waals surface area contributed by atoms with Crippen molar-refractivity contribution in [3.63, 3.8) is 0 Å². The zero-order valence-electron chi connectivity index (χ0n) is 19.8. The molecule has 6 nitrogen and oxygen atoms in total. The lowest BCUT2D eigenvalue weighted by Crippen LogP contribution is -2.30. The minimum atomic E-state index is -0.728. The molecule has 0 amide bonds. The van der Waals surface area contributed by atoms with Gasteiger partial charge < -0.3 is 9.47 Å². The molecule has 2 heterocycles. The lowest BCUT2D eigenvalue weighted by molar-refractivity contribution is -0.148. The zero-order chi connectivity index (χ0) is 23.7. The van der Waals surface area contributed by atoms with Crippen molar-refractivity contribution in [1.82, 2.24) is 9.13 Å². The van der Waals surface area contributed by atoms with Crippen LogP contribution in [0.1, 0.15) is 48.8 Å². The highest BCUT2D eigenvalue weighted by Crippen LogP contribution is 2.31. The molecule has 0 aliphatic rings. The number of benzene rings is 2. The predicted octanol–water partition coefficient (Wildman–Crippen LogP) is 5.48. The molecule has 2 aromatic carbocycles. The number of esters is 1. The summed E-state index contributed by atoms with van der Waals surface area (Å²) in [5.74, 6) is -0.382. The molecular weight excluding hydrogens is 436 g/mol. The number of rotatable bonds is 8. The Morgan fingerprint density at radius 3 is 2.45 bits per heavy atom. The molecule has 0 saturated heterocycles. The van der Waals surface area contributed by atoms with E-state index in [-0.39, 0.29) is 24.7 Å². The van der Waals surface area contributed by atoms with Gasteiger partial charge in [-0.2, -0.15) is 0 Å². The Balaban J connectivity index is 1.90. The summed E-state index contributed by atoms with van der Waals surface area (Å²) >= 11 is 1.69. The summed E-state index contributed by atoms with van der Waals surface area (Å²) in [7, 11) is 0. The monoisotopic (exact) mass is 466 g/mol. The third-order valence-electron chi connectivity index (χ3n) is 6.08. The van der Waals surface area contributed by atoms with Gasteiger partial charge in [0.1, 0.15) is 6.23 Å². The number of carbonyl (C=O) groups is 1. The van der Waals surface area contributed by atoms with E-state index in [0.717, 1.165) is 27.7 Å². The molecule has 4 aromatic rings. The first-order valence-electron chi connectivity index (χ1n) is 11.3. The van der Waals surface area contributed by atoms with Crippen LogP contribution < -0.4 is 5.69 Å². The van der Waals surface area contributed by atoms with E-state index < -0.39 is 6.23 Å². The molecule has 0 bridgehead atoms. The van der Waals surface area contributed by atoms with E-state index in [0.29, 0.717) is 13.2 Å². The number of carbonyl (C=O) groups excluding carboxylic acids is 1. The molecule has 0 N–H and O–H groups in total. The summed E-state index contributed by atoms with van der Waals surface area (Å²) in [5.41, 5.74) is 5.92. The fourth-order valence-corrected chi connectivity index (χ4v) is 5.40. The average molecular weight is 467 g/mol. The van der Waals surface area contributed by atoms with Gasteiger partial charge in [0.15, 0.2) is 0 Å². The topological polar surface area (TPSA) is 62.5 Å². The van der Waals surface area contributed by atoms with Crippen LogP contribution in [-0.4, -0.2) is 28.3 Å². The van der Waals surface area contributed by atoms with Crippen molar-refractivity contribution >= 4 is 38.4 Å². The van der Waals surface area contributed by atoms with Crippen molar-refractivity contribution in [1.29, 1.82) is 0 Å². The van der Waals surface area contributed by atoms with Crippen molar-refractivity contribution in [3.05, 3.63) is 68.4 Å². The highest BCUT2D eigenvalue weighted by Gasteiger charge is 2.25. The fourth-order valence-electron chi connectivity index (χ4n) is 4.37. The van der Waals surface area contributed by atoms with Crippen molar-refractivity contribution in [2.75, 3.05) is 13.2 Å². The van der Waals surface area contributed by atoms with E-state index in [2.05, 4.69) is 36.6 Å². The van der Waals surface area contributed by atoms with Crippen LogP contribution in [0.2, 0.25) is 0 Å². The first kappa shape index (κ1) is 23.3. The van der Waals surface area contributed by atoms with Gasteiger partial charge in [-0.05, 0) is 80.5 Å². The number of imidazole rings is 1. The van der Waals surface area contributed by atoms with Gasteiger partial charge in [-0.15, -0.1) is 11.3 Å². The fraction of sp³-hybridized carbons (Fsp3) is 0.385. The Kier molecular flexibility index (Phi) is 6.72. The molecule has 0 aliphatic carbocycles. The number of hydrogen-bond acceptors (Lipinski definition) is 5. The van der Waals surface area contributed by atoms with Gasteiger partial charge in [0.25, 0.3) is 0 Å². The lowest BCUT2D eigenvalue weighted by atomic mass is 10.1. The van der Waals surface area contributed by atoms with Crippen LogP contribution in [0.25, 0.3) is 21.1 Å². The van der Waals surface area contributed by atoms with Gasteiger partial charge in [-0.25, -0.2) is 4.79 Å². The molecule has 0 radical (unpaired) electrons. The Hall–Kier alpha value is -2.90. The number of nitrogens with zero attached hydrogens (tertiary/aromatic N) is 2. The molecular formula is C26H30N2O4S. The minimum Gasteiger partial charge on any atom is -0.466 e. The maximum absolute atomic E-state index is 13.8. The van der Waals surface area contributed by atoms with E-state index >= 15 is 0 Å². The normalized spacial score (nSPS) is 12.5. The Morgan fingerprint density at radius 1 is 1.03 bits per heavy atom. The standard InChI is InChI=1S/C26H30N2O4S/c1-6-31-23(13-24(29)32-7-2)28-21-12-18(5)17(4)11-20(21)27(26(28)30)14-19-15-33-22-10-8-9-16(3)25(19)22/h8-12,15,23H,6-7,13-14H2,1-5H3. The van der Waals surface area contributed by atoms with Crippen LogP contribution >= 0.6 is 11.3 Å². The van der Waals surface area contributed by atoms with E-state index in [1.54, 1.807) is 27.4 Å². The van der Waals surface area contributed by atoms with Gasteiger partial charge in [0.2, 0.25) is 0 Å². The van der Waals surface area contributed by atoms with E-state index in [1.807, 2.05) is 26.8 Å². The highest BCUT2D eigenvalue weighted by molar-refractivity contribution is 7.17. The molecule has 2 aromatic heterocycles. The predicted molar refractivity (Wildman–Crippen MR) is 133 cm³/mol. The second kappa shape index (κ2) is 9.53. The molecule has 7 heteroatoms. The van der Waals surface area contributed by atoms with E-state index in [1.165, 1.54) is 15.6 Å². The summed E-state index contributed by atoms with van der Waals surface area (Å²) in [6.45, 7) is 10.9. The second-order valence-electron chi connectivity index (χ2n) is 8.29. The largest absolute Gasteiger partial charge is 0.466 e. The lowest BCUT2D eigenvalue weighted by Gasteiger charge is -2.18. The zero-order valence-corrected chi connectivity index (χ0v) is 20.6. The summed E-state index contributed by atoms with van der Waals surface area (Å²) in [5, 5.41) is 3.33. The smallest absolute Gasteiger partial charge is 0.331 e. The molecule has 0 aliphatic heterocycles. The van der Waals surface area contributed by atoms with Crippen LogP contribution in [0.5, 0.6) is 0 Å². The van der Waals surface area contributed by atoms with Crippen LogP contribution in [0.3, 0.4) is 0 Å². The molecule has 0 fully saturated rings. The molecule has 174 valence electrons. The van der Waals surface area contributed by atoms with Gasteiger partial charge in [0, 0.05) is 16.7 Å². The molecule has 4 rings (SSSR count). The number of ether oxygens (including phenoxy) is 2. The molecule has 0 spiro atoms. The third kappa shape index (κ3) is 4.35. The first-order chi connectivity index (χ1) is 15.8. The number of fused-ring (bicyclic) bond motifs is 2. The van der Waals surface area contributed by atoms with Crippen LogP contribution in [0, 0.1) is 20.8 Å². The highest BCUT2D eigenvalue weighted by atomic mass is 32.1. The Labute approximate surface area is 197 Å². The Morgan fingerprint density at radius 2 is 1.76 bits per heavy atom. The number of aromatic nitrogens is 2. The SMILES string of the molecule is CCOC(=O)CC(OCC)n1c(=O)n(Cc2csc3cccc(C)c23)c2cc(C)c(C)cc21. The van der Waals surface area contributed by atoms with Gasteiger partial charge in [0.05, 0.1) is 30.6 Å². The maximum atomic E-state index is 13.8. The molecule has 1 unspecified atom stereocenters. The summed E-state index contributed by atoms with van der Waals surface area (Å²) < 4.78 is 15.7. The summed E-state index contributed by atoms with van der Waals surface area (Å²) in [6.07, 6.45) is -0.748. The van der Waals surface area contributed by atoms with E-state index in [9.17, 15) is 9.59 Å². The van der Waals surface area contributed by atoms with Crippen molar-refractivity contribution in [2.24, 2.45) is 0 Å². The van der Waals surface area contributed by atoms with Crippen LogP contribution in [0.15, 0.2) is 40.5 Å². The van der Waals surface area contributed by atoms with Crippen molar-refractivity contribution < 1.29 is 14.3 Å². The molecule has 0 saturated carbocycles. The number of hydrogen-bond donors (Lipinski definition) is 0. The number of aryl methyl sites for hydroxylation is 3.